The van der Waals surface area contributed by atoms with Crippen molar-refractivity contribution < 1.29 is 0 Å². The van der Waals surface area contributed by atoms with E-state index in [1.54, 1.807) is 0 Å². The summed E-state index contributed by atoms with van der Waals surface area (Å²) in [5.74, 6) is 0. The van der Waals surface area contributed by atoms with Crippen LogP contribution in [-0.4, -0.2) is 3.74 Å². The maximum Gasteiger partial charge on any atom is 0.0697 e. The number of unbranched alkanes of at least 4 members (excludes halogenated alkanes) is 5. The van der Waals surface area contributed by atoms with E-state index >= 15 is 0 Å². The molecule has 0 N–H and O–H groups in total. The molecular weight excluding hydrogens is 268 g/mol. The van der Waals surface area contributed by atoms with Crippen molar-refractivity contribution in [2.45, 2.75) is 55.6 Å². The van der Waals surface area contributed by atoms with E-state index in [0.29, 0.717) is 3.74 Å². The first-order valence-electron chi connectivity index (χ1n) is 4.55. The lowest BCUT2D eigenvalue weighted by atomic mass is 10.1. The number of alkyl halides is 2. The van der Waals surface area contributed by atoms with Gasteiger partial charge in [0.25, 0.3) is 0 Å². The molecule has 0 heterocycles. The van der Waals surface area contributed by atoms with Gasteiger partial charge in [0.05, 0.1) is 3.74 Å². The maximum absolute atomic E-state index is 3.47. The number of halogens is 2. The van der Waals surface area contributed by atoms with Crippen molar-refractivity contribution in [3.8, 4) is 0 Å². The van der Waals surface area contributed by atoms with Gasteiger partial charge in [0.15, 0.2) is 0 Å². The van der Waals surface area contributed by atoms with Gasteiger partial charge in [-0.05, 0) is 6.42 Å². The lowest BCUT2D eigenvalue weighted by molar-refractivity contribution is 0.602. The second kappa shape index (κ2) is 9.05. The minimum atomic E-state index is 0.529. The Morgan fingerprint density at radius 2 is 1.45 bits per heavy atom. The van der Waals surface area contributed by atoms with Crippen LogP contribution in [0, 0.1) is 0 Å². The van der Waals surface area contributed by atoms with Crippen molar-refractivity contribution in [1.29, 1.82) is 0 Å². The van der Waals surface area contributed by atoms with Crippen LogP contribution in [0.3, 0.4) is 0 Å². The van der Waals surface area contributed by atoms with Crippen LogP contribution in [-0.2, 0) is 0 Å². The SMILES string of the molecule is CCCCCCCCC(Br)Br. The predicted molar refractivity (Wildman–Crippen MR) is 59.6 cm³/mol. The van der Waals surface area contributed by atoms with Crippen LogP contribution in [0.15, 0.2) is 0 Å². The van der Waals surface area contributed by atoms with E-state index in [1.165, 1.54) is 44.9 Å². The Bertz CT molecular complexity index is 72.0. The molecule has 0 aliphatic heterocycles. The fourth-order valence-electron chi connectivity index (χ4n) is 1.08. The Morgan fingerprint density at radius 1 is 0.909 bits per heavy atom. The monoisotopic (exact) mass is 284 g/mol. The fourth-order valence-corrected chi connectivity index (χ4v) is 1.73. The molecule has 0 atom stereocenters. The first-order valence-corrected chi connectivity index (χ1v) is 6.38. The molecule has 2 heteroatoms. The fraction of sp³-hybridized carbons (Fsp3) is 1.00. The third-order valence-electron chi connectivity index (χ3n) is 1.78. The van der Waals surface area contributed by atoms with Crippen LogP contribution in [0.25, 0.3) is 0 Å². The minimum Gasteiger partial charge on any atom is -0.0765 e. The molecule has 0 aromatic carbocycles. The quantitative estimate of drug-likeness (QED) is 0.463. The molecule has 0 nitrogen and oxygen atoms in total. The van der Waals surface area contributed by atoms with E-state index in [1.807, 2.05) is 0 Å². The Balaban J connectivity index is 2.80. The lowest BCUT2D eigenvalue weighted by Gasteiger charge is -2.01. The van der Waals surface area contributed by atoms with Gasteiger partial charge in [-0.3, -0.25) is 0 Å². The van der Waals surface area contributed by atoms with Crippen molar-refractivity contribution >= 4 is 31.9 Å². The first kappa shape index (κ1) is 12.0. The summed E-state index contributed by atoms with van der Waals surface area (Å²) in [7, 11) is 0. The molecule has 0 saturated carbocycles. The first-order chi connectivity index (χ1) is 5.27. The second-order valence-electron chi connectivity index (χ2n) is 2.95. The number of hydrogen-bond donors (Lipinski definition) is 0. The highest BCUT2D eigenvalue weighted by Crippen LogP contribution is 2.17. The molecule has 0 fully saturated rings. The van der Waals surface area contributed by atoms with Gasteiger partial charge < -0.3 is 0 Å². The van der Waals surface area contributed by atoms with Gasteiger partial charge in [-0.1, -0.05) is 77.3 Å². The largest absolute Gasteiger partial charge is 0.0765 e. The standard InChI is InChI=1S/C9H18Br2/c1-2-3-4-5-6-7-8-9(10)11/h9H,2-8H2,1H3. The number of hydrogen-bond acceptors (Lipinski definition) is 0. The highest BCUT2D eigenvalue weighted by molar-refractivity contribution is 9.24. The molecule has 0 rings (SSSR count). The molecule has 0 aromatic heterocycles. The van der Waals surface area contributed by atoms with E-state index in [0.717, 1.165) is 0 Å². The average Bonchev–Trinajstić information content (AvgIpc) is 1.96. The highest BCUT2D eigenvalue weighted by Gasteiger charge is 1.96. The van der Waals surface area contributed by atoms with Gasteiger partial charge in [0.2, 0.25) is 0 Å². The zero-order valence-corrected chi connectivity index (χ0v) is 10.5. The van der Waals surface area contributed by atoms with E-state index in [4.69, 9.17) is 0 Å². The van der Waals surface area contributed by atoms with Crippen molar-refractivity contribution in [2.24, 2.45) is 0 Å². The summed E-state index contributed by atoms with van der Waals surface area (Å²) in [4.78, 5) is 0. The molecule has 0 unspecified atom stereocenters. The maximum atomic E-state index is 3.47. The molecule has 0 saturated heterocycles. The molecule has 11 heavy (non-hydrogen) atoms. The van der Waals surface area contributed by atoms with Crippen LogP contribution < -0.4 is 0 Å². The molecule has 0 spiro atoms. The van der Waals surface area contributed by atoms with Gasteiger partial charge in [0, 0.05) is 0 Å². The Morgan fingerprint density at radius 3 is 2.00 bits per heavy atom. The molecule has 68 valence electrons. The normalized spacial score (nSPS) is 10.9. The zero-order chi connectivity index (χ0) is 8.53. The van der Waals surface area contributed by atoms with Gasteiger partial charge in [-0.25, -0.2) is 0 Å². The molecule has 0 radical (unpaired) electrons. The third kappa shape index (κ3) is 11.0. The summed E-state index contributed by atoms with van der Waals surface area (Å²) in [6, 6.07) is 0. The predicted octanol–water partition coefficient (Wildman–Crippen LogP) is 4.85. The number of rotatable bonds is 7. The smallest absolute Gasteiger partial charge is 0.0697 e. The van der Waals surface area contributed by atoms with Crippen LogP contribution in [0.2, 0.25) is 0 Å². The molecular formula is C9H18Br2. The van der Waals surface area contributed by atoms with Crippen LogP contribution in [0.4, 0.5) is 0 Å². The van der Waals surface area contributed by atoms with E-state index in [2.05, 4.69) is 38.8 Å². The van der Waals surface area contributed by atoms with Crippen molar-refractivity contribution in [3.63, 3.8) is 0 Å². The van der Waals surface area contributed by atoms with E-state index in [9.17, 15) is 0 Å². The Kier molecular flexibility index (Phi) is 9.84. The zero-order valence-electron chi connectivity index (χ0n) is 7.28. The highest BCUT2D eigenvalue weighted by atomic mass is 79.9. The summed E-state index contributed by atoms with van der Waals surface area (Å²) in [5, 5.41) is 0. The van der Waals surface area contributed by atoms with Gasteiger partial charge in [-0.2, -0.15) is 0 Å². The van der Waals surface area contributed by atoms with Gasteiger partial charge >= 0.3 is 0 Å². The minimum absolute atomic E-state index is 0.529. The van der Waals surface area contributed by atoms with Gasteiger partial charge in [0.1, 0.15) is 0 Å². The summed E-state index contributed by atoms with van der Waals surface area (Å²) in [5.41, 5.74) is 0. The van der Waals surface area contributed by atoms with Crippen LogP contribution in [0.5, 0.6) is 0 Å². The summed E-state index contributed by atoms with van der Waals surface area (Å²) in [6.07, 6.45) is 9.60. The topological polar surface area (TPSA) is 0 Å². The Hall–Kier alpha value is 0.960. The molecule has 0 aliphatic carbocycles. The van der Waals surface area contributed by atoms with Crippen molar-refractivity contribution in [1.82, 2.24) is 0 Å². The lowest BCUT2D eigenvalue weighted by Crippen LogP contribution is -1.85. The van der Waals surface area contributed by atoms with Gasteiger partial charge in [-0.15, -0.1) is 0 Å². The van der Waals surface area contributed by atoms with Crippen LogP contribution >= 0.6 is 31.9 Å². The molecule has 0 aliphatic rings. The van der Waals surface area contributed by atoms with Crippen molar-refractivity contribution in [3.05, 3.63) is 0 Å². The third-order valence-corrected chi connectivity index (χ3v) is 2.69. The molecule has 0 aromatic rings. The van der Waals surface area contributed by atoms with Crippen LogP contribution in [0.1, 0.15) is 51.9 Å². The van der Waals surface area contributed by atoms with E-state index < -0.39 is 0 Å². The summed E-state index contributed by atoms with van der Waals surface area (Å²) < 4.78 is 0.529. The summed E-state index contributed by atoms with van der Waals surface area (Å²) >= 11 is 6.95. The molecule has 0 bridgehead atoms. The second-order valence-corrected chi connectivity index (χ2v) is 6.39. The molecule has 0 amide bonds. The Labute approximate surface area is 87.4 Å². The average molecular weight is 286 g/mol. The van der Waals surface area contributed by atoms with E-state index in [-0.39, 0.29) is 0 Å². The summed E-state index contributed by atoms with van der Waals surface area (Å²) in [6.45, 7) is 2.26. The van der Waals surface area contributed by atoms with Crippen molar-refractivity contribution in [2.75, 3.05) is 0 Å².